The standard InChI is InChI=1S/C20H19ClN4O3/c21-16-9-5-4-8-15(16)17(26)12-22-19(27)20(28)24-18-10-11-23-25(18)13-14-6-2-1-3-7-14/h1-11,17,26H,12-13H2,(H,22,27)(H,24,28)/t17-/m0/s1. The fourth-order valence-corrected chi connectivity index (χ4v) is 2.88. The van der Waals surface area contributed by atoms with Gasteiger partial charge in [0.05, 0.1) is 18.8 Å². The highest BCUT2D eigenvalue weighted by Crippen LogP contribution is 2.21. The van der Waals surface area contributed by atoms with Gasteiger partial charge in [0, 0.05) is 23.2 Å². The van der Waals surface area contributed by atoms with E-state index in [9.17, 15) is 14.7 Å². The highest BCUT2D eigenvalue weighted by atomic mass is 35.5. The van der Waals surface area contributed by atoms with E-state index in [0.29, 0.717) is 22.9 Å². The summed E-state index contributed by atoms with van der Waals surface area (Å²) in [6.45, 7) is 0.315. The van der Waals surface area contributed by atoms with E-state index in [2.05, 4.69) is 15.7 Å². The molecule has 0 radical (unpaired) electrons. The lowest BCUT2D eigenvalue weighted by atomic mass is 10.1. The molecule has 2 amide bonds. The summed E-state index contributed by atoms with van der Waals surface area (Å²) in [5.41, 5.74) is 1.49. The van der Waals surface area contributed by atoms with Gasteiger partial charge >= 0.3 is 11.8 Å². The third kappa shape index (κ3) is 4.97. The van der Waals surface area contributed by atoms with E-state index in [0.717, 1.165) is 5.56 Å². The number of benzene rings is 2. The number of nitrogens with one attached hydrogen (secondary N) is 2. The largest absolute Gasteiger partial charge is 0.387 e. The van der Waals surface area contributed by atoms with Crippen LogP contribution in [-0.4, -0.2) is 33.2 Å². The third-order valence-corrected chi connectivity index (χ3v) is 4.40. The second-order valence-electron chi connectivity index (χ2n) is 6.06. The first-order valence-corrected chi connectivity index (χ1v) is 9.00. The van der Waals surface area contributed by atoms with Crippen LogP contribution in [0.5, 0.6) is 0 Å². The number of nitrogens with zero attached hydrogens (tertiary/aromatic N) is 2. The number of rotatable bonds is 6. The van der Waals surface area contributed by atoms with Crippen molar-refractivity contribution in [1.82, 2.24) is 15.1 Å². The van der Waals surface area contributed by atoms with Crippen molar-refractivity contribution in [2.75, 3.05) is 11.9 Å². The van der Waals surface area contributed by atoms with E-state index < -0.39 is 17.9 Å². The normalized spacial score (nSPS) is 11.6. The van der Waals surface area contributed by atoms with Gasteiger partial charge in [0.2, 0.25) is 0 Å². The molecule has 3 aromatic rings. The molecule has 0 unspecified atom stereocenters. The Balaban J connectivity index is 1.56. The van der Waals surface area contributed by atoms with Crippen LogP contribution in [0.1, 0.15) is 17.2 Å². The fraction of sp³-hybridized carbons (Fsp3) is 0.150. The molecule has 3 N–H and O–H groups in total. The lowest BCUT2D eigenvalue weighted by Gasteiger charge is -2.14. The molecule has 1 atom stereocenters. The maximum Gasteiger partial charge on any atom is 0.314 e. The molecule has 0 spiro atoms. The van der Waals surface area contributed by atoms with Crippen LogP contribution in [0.25, 0.3) is 0 Å². The lowest BCUT2D eigenvalue weighted by Crippen LogP contribution is -2.38. The van der Waals surface area contributed by atoms with Crippen molar-refractivity contribution in [2.45, 2.75) is 12.6 Å². The summed E-state index contributed by atoms with van der Waals surface area (Å²) in [5.74, 6) is -1.31. The number of aromatic nitrogens is 2. The molecule has 1 heterocycles. The van der Waals surface area contributed by atoms with Crippen molar-refractivity contribution in [3.05, 3.63) is 83.0 Å². The van der Waals surface area contributed by atoms with Crippen LogP contribution >= 0.6 is 11.6 Å². The molecule has 1 aromatic heterocycles. The molecule has 0 aliphatic carbocycles. The minimum atomic E-state index is -1.02. The van der Waals surface area contributed by atoms with Gasteiger partial charge in [-0.1, -0.05) is 60.1 Å². The molecule has 0 saturated carbocycles. The Bertz CT molecular complexity index is 959. The Kier molecular flexibility index (Phi) is 6.41. The van der Waals surface area contributed by atoms with Crippen molar-refractivity contribution in [1.29, 1.82) is 0 Å². The van der Waals surface area contributed by atoms with E-state index in [1.165, 1.54) is 6.20 Å². The number of aliphatic hydroxyl groups is 1. The molecule has 0 saturated heterocycles. The van der Waals surface area contributed by atoms with Crippen molar-refractivity contribution in [2.24, 2.45) is 0 Å². The Hall–Kier alpha value is -3.16. The predicted octanol–water partition coefficient (Wildman–Crippen LogP) is 2.37. The number of amides is 2. The van der Waals surface area contributed by atoms with Gasteiger partial charge in [-0.25, -0.2) is 4.68 Å². The summed E-state index contributed by atoms with van der Waals surface area (Å²) in [6.07, 6.45) is 0.520. The second kappa shape index (κ2) is 9.16. The maximum atomic E-state index is 12.2. The second-order valence-corrected chi connectivity index (χ2v) is 6.47. The number of aliphatic hydroxyl groups excluding tert-OH is 1. The third-order valence-electron chi connectivity index (χ3n) is 4.06. The molecule has 0 aliphatic heterocycles. The lowest BCUT2D eigenvalue weighted by molar-refractivity contribution is -0.136. The van der Waals surface area contributed by atoms with Crippen molar-refractivity contribution in [3.8, 4) is 0 Å². The summed E-state index contributed by atoms with van der Waals surface area (Å²) in [4.78, 5) is 24.2. The van der Waals surface area contributed by atoms with Crippen LogP contribution in [0.3, 0.4) is 0 Å². The maximum absolute atomic E-state index is 12.2. The summed E-state index contributed by atoms with van der Waals surface area (Å²) in [5, 5.41) is 19.6. The zero-order valence-corrected chi connectivity index (χ0v) is 15.6. The number of carbonyl (C=O) groups excluding carboxylic acids is 2. The SMILES string of the molecule is O=C(NC[C@H](O)c1ccccc1Cl)C(=O)Nc1ccnn1Cc1ccccc1. The van der Waals surface area contributed by atoms with E-state index in [1.807, 2.05) is 30.3 Å². The van der Waals surface area contributed by atoms with Crippen LogP contribution < -0.4 is 10.6 Å². The van der Waals surface area contributed by atoms with Crippen LogP contribution in [-0.2, 0) is 16.1 Å². The predicted molar refractivity (Wildman–Crippen MR) is 106 cm³/mol. The molecular weight excluding hydrogens is 380 g/mol. The molecule has 8 heteroatoms. The van der Waals surface area contributed by atoms with Crippen molar-refractivity contribution in [3.63, 3.8) is 0 Å². The molecule has 144 valence electrons. The quantitative estimate of drug-likeness (QED) is 0.555. The first-order chi connectivity index (χ1) is 13.5. The minimum absolute atomic E-state index is 0.140. The molecule has 3 rings (SSSR count). The highest BCUT2D eigenvalue weighted by molar-refractivity contribution is 6.39. The van der Waals surface area contributed by atoms with E-state index in [4.69, 9.17) is 11.6 Å². The molecule has 28 heavy (non-hydrogen) atoms. The molecule has 0 aliphatic rings. The van der Waals surface area contributed by atoms with Gasteiger partial charge in [-0.3, -0.25) is 9.59 Å². The van der Waals surface area contributed by atoms with Crippen LogP contribution in [0.2, 0.25) is 5.02 Å². The number of hydrogen-bond donors (Lipinski definition) is 3. The van der Waals surface area contributed by atoms with E-state index >= 15 is 0 Å². The van der Waals surface area contributed by atoms with Gasteiger partial charge in [0.1, 0.15) is 5.82 Å². The Morgan fingerprint density at radius 3 is 2.50 bits per heavy atom. The molecule has 2 aromatic carbocycles. The summed E-state index contributed by atoms with van der Waals surface area (Å²) in [6, 6.07) is 18.0. The Morgan fingerprint density at radius 2 is 1.75 bits per heavy atom. The molecular formula is C20H19ClN4O3. The number of carbonyl (C=O) groups is 2. The smallest absolute Gasteiger partial charge is 0.314 e. The van der Waals surface area contributed by atoms with Crippen molar-refractivity contribution < 1.29 is 14.7 Å². The van der Waals surface area contributed by atoms with Gasteiger partial charge in [-0.15, -0.1) is 0 Å². The van der Waals surface area contributed by atoms with Crippen molar-refractivity contribution >= 4 is 29.2 Å². The minimum Gasteiger partial charge on any atom is -0.387 e. The average Bonchev–Trinajstić information content (AvgIpc) is 3.13. The van der Waals surface area contributed by atoms with Gasteiger partial charge < -0.3 is 15.7 Å². The first-order valence-electron chi connectivity index (χ1n) is 8.62. The van der Waals surface area contributed by atoms with Crippen LogP contribution in [0.4, 0.5) is 5.82 Å². The number of hydrogen-bond acceptors (Lipinski definition) is 4. The van der Waals surface area contributed by atoms with Gasteiger partial charge in [-0.2, -0.15) is 5.10 Å². The van der Waals surface area contributed by atoms with Gasteiger partial charge in [0.25, 0.3) is 0 Å². The Labute approximate surface area is 166 Å². The van der Waals surface area contributed by atoms with Crippen LogP contribution in [0.15, 0.2) is 66.9 Å². The Morgan fingerprint density at radius 1 is 1.04 bits per heavy atom. The summed E-state index contributed by atoms with van der Waals surface area (Å²) < 4.78 is 1.58. The molecule has 0 bridgehead atoms. The average molecular weight is 399 g/mol. The zero-order chi connectivity index (χ0) is 19.9. The molecule has 7 nitrogen and oxygen atoms in total. The number of halogens is 1. The summed E-state index contributed by atoms with van der Waals surface area (Å²) in [7, 11) is 0. The van der Waals surface area contributed by atoms with Gasteiger partial charge in [0.15, 0.2) is 0 Å². The van der Waals surface area contributed by atoms with Gasteiger partial charge in [-0.05, 0) is 11.6 Å². The first kappa shape index (κ1) is 19.6. The summed E-state index contributed by atoms with van der Waals surface area (Å²) >= 11 is 6.01. The zero-order valence-electron chi connectivity index (χ0n) is 14.9. The monoisotopic (exact) mass is 398 g/mol. The topological polar surface area (TPSA) is 96.2 Å². The van der Waals surface area contributed by atoms with E-state index in [-0.39, 0.29) is 6.54 Å². The van der Waals surface area contributed by atoms with Crippen LogP contribution in [0, 0.1) is 0 Å². The van der Waals surface area contributed by atoms with E-state index in [1.54, 1.807) is 35.0 Å². The highest BCUT2D eigenvalue weighted by Gasteiger charge is 2.18. The molecule has 0 fully saturated rings. The number of anilines is 1. The fourth-order valence-electron chi connectivity index (χ4n) is 2.62.